The van der Waals surface area contributed by atoms with Gasteiger partial charge in [-0.15, -0.1) is 0 Å². The molecule has 0 aliphatic heterocycles. The number of aryl methyl sites for hydroxylation is 1. The van der Waals surface area contributed by atoms with E-state index in [4.69, 9.17) is 18.6 Å². The molecule has 0 atom stereocenters. The Kier molecular flexibility index (Phi) is 6.22. The highest BCUT2D eigenvalue weighted by atomic mass is 16.5. The number of hydrogen-bond acceptors (Lipinski definition) is 6. The van der Waals surface area contributed by atoms with E-state index in [1.807, 2.05) is 37.3 Å². The minimum atomic E-state index is -0.426. The summed E-state index contributed by atoms with van der Waals surface area (Å²) in [5, 5.41) is 0.819. The van der Waals surface area contributed by atoms with Gasteiger partial charge in [0.1, 0.15) is 17.9 Å². The molecule has 6 nitrogen and oxygen atoms in total. The molecule has 0 fully saturated rings. The van der Waals surface area contributed by atoms with Gasteiger partial charge in [-0.2, -0.15) is 0 Å². The maximum atomic E-state index is 12.7. The maximum absolute atomic E-state index is 12.7. The number of methoxy groups -OCH3 is 1. The molecule has 3 aromatic carbocycles. The lowest BCUT2D eigenvalue weighted by atomic mass is 10.1. The van der Waals surface area contributed by atoms with Crippen LogP contribution in [0.2, 0.25) is 0 Å². The highest BCUT2D eigenvalue weighted by Crippen LogP contribution is 2.29. The zero-order valence-electron chi connectivity index (χ0n) is 17.8. The summed E-state index contributed by atoms with van der Waals surface area (Å²) in [6.45, 7) is 2.06. The Morgan fingerprint density at radius 1 is 0.906 bits per heavy atom. The molecule has 0 aliphatic rings. The highest BCUT2D eigenvalue weighted by Gasteiger charge is 2.13. The number of fused-ring (bicyclic) bond motifs is 1. The van der Waals surface area contributed by atoms with Crippen LogP contribution in [0.15, 0.2) is 82.0 Å². The Balaban J connectivity index is 1.44. The summed E-state index contributed by atoms with van der Waals surface area (Å²) in [7, 11) is 1.53. The summed E-state index contributed by atoms with van der Waals surface area (Å²) in [5.74, 6) is 1.24. The standard InChI is InChI=1S/C26H22O6/c1-17-12-26(28)32-24-14-20(9-10-21(17)24)30-16-22(27)19-8-11-23(25(13-19)29-2)31-15-18-6-4-3-5-7-18/h3-14H,15-16H2,1-2H3. The van der Waals surface area contributed by atoms with Crippen LogP contribution in [-0.4, -0.2) is 19.5 Å². The summed E-state index contributed by atoms with van der Waals surface area (Å²) in [4.78, 5) is 24.3. The lowest BCUT2D eigenvalue weighted by Crippen LogP contribution is -2.12. The molecule has 0 unspecified atom stereocenters. The van der Waals surface area contributed by atoms with E-state index in [1.165, 1.54) is 13.2 Å². The van der Waals surface area contributed by atoms with Crippen LogP contribution in [0.25, 0.3) is 11.0 Å². The van der Waals surface area contributed by atoms with Crippen LogP contribution < -0.4 is 19.8 Å². The molecule has 0 amide bonds. The molecule has 1 heterocycles. The van der Waals surface area contributed by atoms with Crippen molar-refractivity contribution in [1.29, 1.82) is 0 Å². The normalized spacial score (nSPS) is 10.7. The molecule has 0 saturated heterocycles. The number of hydrogen-bond donors (Lipinski definition) is 0. The van der Waals surface area contributed by atoms with Gasteiger partial charge in [0.15, 0.2) is 23.9 Å². The second-order valence-corrected chi connectivity index (χ2v) is 7.26. The lowest BCUT2D eigenvalue weighted by molar-refractivity contribution is 0.0921. The van der Waals surface area contributed by atoms with Crippen molar-refractivity contribution in [1.82, 2.24) is 0 Å². The maximum Gasteiger partial charge on any atom is 0.336 e. The van der Waals surface area contributed by atoms with Gasteiger partial charge in [-0.25, -0.2) is 4.79 Å². The van der Waals surface area contributed by atoms with Gasteiger partial charge in [-0.05, 0) is 48.4 Å². The molecular weight excluding hydrogens is 408 g/mol. The van der Waals surface area contributed by atoms with Crippen molar-refractivity contribution in [3.05, 3.63) is 99.9 Å². The summed E-state index contributed by atoms with van der Waals surface area (Å²) in [5.41, 5.74) is 2.29. The van der Waals surface area contributed by atoms with E-state index in [1.54, 1.807) is 36.4 Å². The first-order chi connectivity index (χ1) is 15.5. The number of ether oxygens (including phenoxy) is 3. The molecule has 4 rings (SSSR count). The molecule has 1 aromatic heterocycles. The zero-order chi connectivity index (χ0) is 22.5. The minimum absolute atomic E-state index is 0.172. The average Bonchev–Trinajstić information content (AvgIpc) is 2.81. The van der Waals surface area contributed by atoms with Gasteiger partial charge in [-0.3, -0.25) is 4.79 Å². The smallest absolute Gasteiger partial charge is 0.336 e. The second kappa shape index (κ2) is 9.39. The molecular formula is C26H22O6. The van der Waals surface area contributed by atoms with Gasteiger partial charge in [0.2, 0.25) is 0 Å². The van der Waals surface area contributed by atoms with Crippen LogP contribution >= 0.6 is 0 Å². The third kappa shape index (κ3) is 4.81. The van der Waals surface area contributed by atoms with Crippen molar-refractivity contribution in [3.8, 4) is 17.2 Å². The third-order valence-corrected chi connectivity index (χ3v) is 5.02. The molecule has 0 radical (unpaired) electrons. The molecule has 0 spiro atoms. The van der Waals surface area contributed by atoms with E-state index in [9.17, 15) is 9.59 Å². The van der Waals surface area contributed by atoms with Crippen molar-refractivity contribution in [2.24, 2.45) is 0 Å². The lowest BCUT2D eigenvalue weighted by Gasteiger charge is -2.12. The van der Waals surface area contributed by atoms with Crippen LogP contribution in [0.5, 0.6) is 17.2 Å². The van der Waals surface area contributed by atoms with Gasteiger partial charge in [0, 0.05) is 23.1 Å². The summed E-state index contributed by atoms with van der Waals surface area (Å²) in [6, 6.07) is 21.4. The number of carbonyl (C=O) groups excluding carboxylic acids is 1. The van der Waals surface area contributed by atoms with E-state index < -0.39 is 5.63 Å². The zero-order valence-corrected chi connectivity index (χ0v) is 17.8. The molecule has 32 heavy (non-hydrogen) atoms. The summed E-state index contributed by atoms with van der Waals surface area (Å²) < 4.78 is 22.1. The van der Waals surface area contributed by atoms with Crippen LogP contribution in [-0.2, 0) is 6.61 Å². The van der Waals surface area contributed by atoms with Gasteiger partial charge >= 0.3 is 5.63 Å². The van der Waals surface area contributed by atoms with Crippen molar-refractivity contribution in [2.45, 2.75) is 13.5 Å². The minimum Gasteiger partial charge on any atom is -0.493 e. The summed E-state index contributed by atoms with van der Waals surface area (Å²) in [6.07, 6.45) is 0. The molecule has 0 saturated carbocycles. The van der Waals surface area contributed by atoms with E-state index in [2.05, 4.69) is 0 Å². The molecule has 0 aliphatic carbocycles. The van der Waals surface area contributed by atoms with Crippen molar-refractivity contribution >= 4 is 16.8 Å². The van der Waals surface area contributed by atoms with Crippen molar-refractivity contribution in [2.75, 3.05) is 13.7 Å². The Morgan fingerprint density at radius 3 is 2.50 bits per heavy atom. The van der Waals surface area contributed by atoms with Crippen molar-refractivity contribution < 1.29 is 23.4 Å². The van der Waals surface area contributed by atoms with Crippen LogP contribution in [0.4, 0.5) is 0 Å². The van der Waals surface area contributed by atoms with Crippen molar-refractivity contribution in [3.63, 3.8) is 0 Å². The molecule has 162 valence electrons. The van der Waals surface area contributed by atoms with Gasteiger partial charge < -0.3 is 18.6 Å². The predicted molar refractivity (Wildman–Crippen MR) is 121 cm³/mol. The Bertz CT molecular complexity index is 1310. The number of Topliss-reactive ketones (excluding diaryl/α,β-unsaturated/α-hetero) is 1. The SMILES string of the molecule is COc1cc(C(=O)COc2ccc3c(C)cc(=O)oc3c2)ccc1OCc1ccccc1. The summed E-state index contributed by atoms with van der Waals surface area (Å²) >= 11 is 0. The van der Waals surface area contributed by atoms with Gasteiger partial charge in [-0.1, -0.05) is 30.3 Å². The first-order valence-electron chi connectivity index (χ1n) is 10.1. The van der Waals surface area contributed by atoms with E-state index >= 15 is 0 Å². The fourth-order valence-corrected chi connectivity index (χ4v) is 3.32. The molecule has 4 aromatic rings. The largest absolute Gasteiger partial charge is 0.493 e. The average molecular weight is 430 g/mol. The van der Waals surface area contributed by atoms with Gasteiger partial charge in [0.05, 0.1) is 7.11 Å². The topological polar surface area (TPSA) is 75.0 Å². The van der Waals surface area contributed by atoms with E-state index in [0.29, 0.717) is 35.0 Å². The Morgan fingerprint density at radius 2 is 1.72 bits per heavy atom. The Labute approximate surface area is 185 Å². The highest BCUT2D eigenvalue weighted by molar-refractivity contribution is 5.98. The van der Waals surface area contributed by atoms with E-state index in [0.717, 1.165) is 16.5 Å². The van der Waals surface area contributed by atoms with Crippen LogP contribution in [0, 0.1) is 6.92 Å². The number of rotatable bonds is 8. The van der Waals surface area contributed by atoms with Gasteiger partial charge in [0.25, 0.3) is 0 Å². The van der Waals surface area contributed by atoms with Crippen LogP contribution in [0.1, 0.15) is 21.5 Å². The first-order valence-corrected chi connectivity index (χ1v) is 10.1. The number of ketones is 1. The number of benzene rings is 3. The predicted octanol–water partition coefficient (Wildman–Crippen LogP) is 4.95. The second-order valence-electron chi connectivity index (χ2n) is 7.26. The Hall–Kier alpha value is -4.06. The monoisotopic (exact) mass is 430 g/mol. The molecule has 6 heteroatoms. The number of carbonyl (C=O) groups is 1. The first kappa shape index (κ1) is 21.2. The fraction of sp³-hybridized carbons (Fsp3) is 0.154. The molecule has 0 bridgehead atoms. The van der Waals surface area contributed by atoms with Crippen LogP contribution in [0.3, 0.4) is 0 Å². The molecule has 0 N–H and O–H groups in total. The third-order valence-electron chi connectivity index (χ3n) is 5.02. The fourth-order valence-electron chi connectivity index (χ4n) is 3.32. The quantitative estimate of drug-likeness (QED) is 0.291. The van der Waals surface area contributed by atoms with E-state index in [-0.39, 0.29) is 12.4 Å².